The average molecular weight is 611 g/mol. The standard InChI is InChI=1S/C28H29F3N4O4S.ClH/c29-28(30,31)39-22-7-3-19(4-8-22)15-35-16-20(13-24-25(35)26(36)23(32)17-40-24)27(37)33-14-18-1-5-21(6-2-18)34-9-11-38-12-10-34;/h1-8,13,16,23,25H,9-12,14-15,17,32H2,(H,33,37);1H/t23-,25?;/m0./s1. The summed E-state index contributed by atoms with van der Waals surface area (Å²) in [6, 6.07) is 12.1. The molecule has 0 aliphatic carbocycles. The number of thioether (sulfide) groups is 1. The zero-order chi connectivity index (χ0) is 28.3. The number of alkyl halides is 3. The fourth-order valence-corrected chi connectivity index (χ4v) is 5.94. The SMILES string of the molecule is Cl.N[C@H]1CSC2=CC(C(=O)NCc3ccc(N4CCOCC4)cc3)=CN(Cc3ccc(OC(F)(F)F)cc3)C2C1=O. The molecule has 0 radical (unpaired) electrons. The minimum atomic E-state index is -4.79. The molecule has 3 aliphatic rings. The van der Waals surface area contributed by atoms with Gasteiger partial charge in [-0.05, 0) is 41.5 Å². The first-order valence-electron chi connectivity index (χ1n) is 12.8. The molecule has 8 nitrogen and oxygen atoms in total. The number of nitrogens with two attached hydrogens (primary N) is 1. The van der Waals surface area contributed by atoms with Gasteiger partial charge in [0.1, 0.15) is 11.8 Å². The maximum absolute atomic E-state index is 13.2. The highest BCUT2D eigenvalue weighted by Gasteiger charge is 2.39. The van der Waals surface area contributed by atoms with E-state index in [-0.39, 0.29) is 36.4 Å². The molecule has 2 fully saturated rings. The second kappa shape index (κ2) is 13.2. The minimum Gasteiger partial charge on any atom is -0.406 e. The van der Waals surface area contributed by atoms with Gasteiger partial charge in [-0.25, -0.2) is 0 Å². The molecule has 1 amide bonds. The number of ketones is 1. The van der Waals surface area contributed by atoms with Crippen molar-refractivity contribution < 1.29 is 32.2 Å². The van der Waals surface area contributed by atoms with Gasteiger partial charge in [0, 0.05) is 48.7 Å². The number of nitrogens with zero attached hydrogens (tertiary/aromatic N) is 2. The lowest BCUT2D eigenvalue weighted by molar-refractivity contribution is -0.274. The number of amides is 1. The van der Waals surface area contributed by atoms with Crippen LogP contribution in [-0.4, -0.2) is 67.1 Å². The van der Waals surface area contributed by atoms with Gasteiger partial charge in [0.25, 0.3) is 5.91 Å². The maximum Gasteiger partial charge on any atom is 0.573 e. The Kier molecular flexibility index (Phi) is 9.90. The highest BCUT2D eigenvalue weighted by atomic mass is 35.5. The Hall–Kier alpha value is -3.19. The number of benzene rings is 2. The lowest BCUT2D eigenvalue weighted by atomic mass is 9.98. The van der Waals surface area contributed by atoms with Gasteiger partial charge in [-0.2, -0.15) is 0 Å². The molecule has 3 N–H and O–H groups in total. The van der Waals surface area contributed by atoms with Gasteiger partial charge in [0.05, 0.1) is 24.8 Å². The lowest BCUT2D eigenvalue weighted by Gasteiger charge is -2.39. The van der Waals surface area contributed by atoms with E-state index in [9.17, 15) is 22.8 Å². The Morgan fingerprint density at radius 2 is 1.73 bits per heavy atom. The minimum absolute atomic E-state index is 0. The van der Waals surface area contributed by atoms with E-state index in [1.165, 1.54) is 36.0 Å². The van der Waals surface area contributed by atoms with Crippen LogP contribution in [0.4, 0.5) is 18.9 Å². The molecule has 220 valence electrons. The average Bonchev–Trinajstić information content (AvgIpc) is 2.94. The van der Waals surface area contributed by atoms with E-state index in [1.54, 1.807) is 17.2 Å². The van der Waals surface area contributed by atoms with E-state index in [2.05, 4.69) is 15.0 Å². The molecule has 41 heavy (non-hydrogen) atoms. The molecule has 5 rings (SSSR count). The second-order valence-electron chi connectivity index (χ2n) is 9.67. The highest BCUT2D eigenvalue weighted by Crippen LogP contribution is 2.36. The Balaban J connectivity index is 0.00000387. The number of ether oxygens (including phenoxy) is 2. The lowest BCUT2D eigenvalue weighted by Crippen LogP contribution is -2.52. The van der Waals surface area contributed by atoms with Crippen LogP contribution in [-0.2, 0) is 27.4 Å². The summed E-state index contributed by atoms with van der Waals surface area (Å²) in [5, 5.41) is 2.94. The van der Waals surface area contributed by atoms with Gasteiger partial charge < -0.3 is 30.3 Å². The van der Waals surface area contributed by atoms with Gasteiger partial charge in [-0.3, -0.25) is 9.59 Å². The third-order valence-corrected chi connectivity index (χ3v) is 8.02. The van der Waals surface area contributed by atoms with Crippen LogP contribution >= 0.6 is 24.2 Å². The predicted octanol–water partition coefficient (Wildman–Crippen LogP) is 3.76. The zero-order valence-electron chi connectivity index (χ0n) is 21.9. The Labute approximate surface area is 246 Å². The molecule has 0 aromatic heterocycles. The topological polar surface area (TPSA) is 97.1 Å². The van der Waals surface area contributed by atoms with Crippen LogP contribution < -0.4 is 20.7 Å². The van der Waals surface area contributed by atoms with Crippen molar-refractivity contribution in [1.82, 2.24) is 10.2 Å². The molecule has 0 saturated carbocycles. The third-order valence-electron chi connectivity index (χ3n) is 6.82. The van der Waals surface area contributed by atoms with Crippen molar-refractivity contribution in [1.29, 1.82) is 0 Å². The van der Waals surface area contributed by atoms with E-state index in [0.717, 1.165) is 24.3 Å². The molecule has 2 aromatic carbocycles. The first kappa shape index (κ1) is 30.8. The summed E-state index contributed by atoms with van der Waals surface area (Å²) in [4.78, 5) is 30.8. The van der Waals surface area contributed by atoms with Gasteiger partial charge >= 0.3 is 6.36 Å². The number of Topliss-reactive ketones (excluding diaryl/α,β-unsaturated/α-hetero) is 1. The first-order chi connectivity index (χ1) is 19.2. The predicted molar refractivity (Wildman–Crippen MR) is 153 cm³/mol. The quantitative estimate of drug-likeness (QED) is 0.489. The van der Waals surface area contributed by atoms with E-state index < -0.39 is 18.4 Å². The first-order valence-corrected chi connectivity index (χ1v) is 13.8. The van der Waals surface area contributed by atoms with Crippen molar-refractivity contribution >= 4 is 41.5 Å². The van der Waals surface area contributed by atoms with E-state index in [0.29, 0.717) is 41.6 Å². The number of hydrogen-bond acceptors (Lipinski definition) is 8. The van der Waals surface area contributed by atoms with Crippen LogP contribution in [0.3, 0.4) is 0 Å². The highest BCUT2D eigenvalue weighted by molar-refractivity contribution is 8.03. The maximum atomic E-state index is 13.2. The molecule has 1 unspecified atom stereocenters. The fourth-order valence-electron chi connectivity index (χ4n) is 4.78. The Morgan fingerprint density at radius 1 is 1.07 bits per heavy atom. The van der Waals surface area contributed by atoms with Gasteiger partial charge in [-0.1, -0.05) is 24.3 Å². The van der Waals surface area contributed by atoms with Crippen molar-refractivity contribution in [3.8, 4) is 5.75 Å². The van der Waals surface area contributed by atoms with Crippen LogP contribution in [0, 0.1) is 0 Å². The fraction of sp³-hybridized carbons (Fsp3) is 0.357. The molecule has 3 heterocycles. The number of nitrogens with one attached hydrogen (secondary N) is 1. The number of carbonyl (C=O) groups is 2. The Morgan fingerprint density at radius 3 is 2.39 bits per heavy atom. The van der Waals surface area contributed by atoms with E-state index in [1.807, 2.05) is 24.3 Å². The third kappa shape index (κ3) is 7.76. The summed E-state index contributed by atoms with van der Waals surface area (Å²) in [7, 11) is 0. The van der Waals surface area contributed by atoms with Crippen molar-refractivity contribution in [2.75, 3.05) is 37.0 Å². The summed E-state index contributed by atoms with van der Waals surface area (Å²) < 4.78 is 46.9. The molecule has 13 heteroatoms. The van der Waals surface area contributed by atoms with Crippen LogP contribution in [0.1, 0.15) is 11.1 Å². The smallest absolute Gasteiger partial charge is 0.406 e. The molecular formula is C28H30ClF3N4O4S. The zero-order valence-corrected chi connectivity index (χ0v) is 23.6. The summed E-state index contributed by atoms with van der Waals surface area (Å²) in [5.74, 6) is -0.401. The number of carbonyl (C=O) groups excluding carboxylic acids is 2. The van der Waals surface area contributed by atoms with Gasteiger partial charge in [-0.15, -0.1) is 37.3 Å². The number of anilines is 1. The number of halogens is 4. The van der Waals surface area contributed by atoms with Crippen LogP contribution in [0.2, 0.25) is 0 Å². The normalized spacial score (nSPS) is 20.8. The number of rotatable bonds is 7. The summed E-state index contributed by atoms with van der Waals surface area (Å²) in [5.41, 5.74) is 9.10. The van der Waals surface area contributed by atoms with Crippen LogP contribution in [0.5, 0.6) is 5.75 Å². The molecule has 2 atom stereocenters. The van der Waals surface area contributed by atoms with Crippen molar-refractivity contribution in [2.24, 2.45) is 5.73 Å². The second-order valence-corrected chi connectivity index (χ2v) is 10.8. The number of hydrogen-bond donors (Lipinski definition) is 2. The van der Waals surface area contributed by atoms with Gasteiger partial charge in [0.15, 0.2) is 5.78 Å². The molecule has 3 aliphatic heterocycles. The number of fused-ring (bicyclic) bond motifs is 1. The van der Waals surface area contributed by atoms with Gasteiger partial charge in [0.2, 0.25) is 0 Å². The number of morpholine rings is 1. The van der Waals surface area contributed by atoms with Crippen LogP contribution in [0.15, 0.2) is 71.3 Å². The van der Waals surface area contributed by atoms with E-state index in [4.69, 9.17) is 10.5 Å². The summed E-state index contributed by atoms with van der Waals surface area (Å²) in [6.07, 6.45) is -1.46. The summed E-state index contributed by atoms with van der Waals surface area (Å²) >= 11 is 1.43. The van der Waals surface area contributed by atoms with Crippen LogP contribution in [0.25, 0.3) is 0 Å². The summed E-state index contributed by atoms with van der Waals surface area (Å²) in [6.45, 7) is 3.60. The Bertz CT molecular complexity index is 1300. The molecule has 0 spiro atoms. The molecule has 2 aromatic rings. The van der Waals surface area contributed by atoms with Crippen molar-refractivity contribution in [2.45, 2.75) is 31.5 Å². The largest absolute Gasteiger partial charge is 0.573 e. The van der Waals surface area contributed by atoms with E-state index >= 15 is 0 Å². The van der Waals surface area contributed by atoms with Crippen molar-refractivity contribution in [3.63, 3.8) is 0 Å². The molecule has 2 saturated heterocycles. The molecule has 0 bridgehead atoms. The van der Waals surface area contributed by atoms with Crippen molar-refractivity contribution in [3.05, 3.63) is 82.4 Å². The molecular weight excluding hydrogens is 581 g/mol. The monoisotopic (exact) mass is 610 g/mol.